The molecule has 0 amide bonds. The molecule has 0 atom stereocenters. The van der Waals surface area contributed by atoms with Crippen molar-refractivity contribution in [3.63, 3.8) is 0 Å². The van der Waals surface area contributed by atoms with Gasteiger partial charge in [-0.2, -0.15) is 0 Å². The largest absolute Gasteiger partial charge is 0.330 e. The Bertz CT molecular complexity index is 328. The molecule has 0 spiro atoms. The zero-order valence-corrected chi connectivity index (χ0v) is 8.17. The van der Waals surface area contributed by atoms with Crippen LogP contribution in [0.15, 0.2) is 10.5 Å². The van der Waals surface area contributed by atoms with Crippen LogP contribution in [0.25, 0.3) is 0 Å². The van der Waals surface area contributed by atoms with Crippen LogP contribution in [0, 0.1) is 17.5 Å². The first kappa shape index (κ1) is 10.5. The van der Waals surface area contributed by atoms with E-state index < -0.39 is 21.9 Å². The topological polar surface area (TPSA) is 26.0 Å². The molecule has 0 aromatic heterocycles. The Morgan fingerprint density at radius 3 is 2.38 bits per heavy atom. The highest BCUT2D eigenvalue weighted by molar-refractivity contribution is 9.10. The van der Waals surface area contributed by atoms with E-state index in [1.165, 1.54) is 0 Å². The minimum absolute atomic E-state index is 0.0410. The van der Waals surface area contributed by atoms with Gasteiger partial charge in [-0.25, -0.2) is 13.2 Å². The molecule has 0 saturated carbocycles. The average Bonchev–Trinajstić information content (AvgIpc) is 2.11. The van der Waals surface area contributed by atoms with Crippen LogP contribution in [-0.2, 0) is 6.42 Å². The molecule has 0 aliphatic rings. The summed E-state index contributed by atoms with van der Waals surface area (Å²) < 4.78 is 38.2. The third kappa shape index (κ3) is 2.03. The minimum atomic E-state index is -1.21. The number of hydrogen-bond acceptors (Lipinski definition) is 1. The van der Waals surface area contributed by atoms with Gasteiger partial charge in [0, 0.05) is 0 Å². The smallest absolute Gasteiger partial charge is 0.176 e. The third-order valence-electron chi connectivity index (χ3n) is 1.59. The van der Waals surface area contributed by atoms with Crippen LogP contribution in [0.5, 0.6) is 0 Å². The van der Waals surface area contributed by atoms with E-state index in [1.54, 1.807) is 0 Å². The van der Waals surface area contributed by atoms with Gasteiger partial charge in [-0.05, 0) is 40.5 Å². The van der Waals surface area contributed by atoms with Gasteiger partial charge in [0.05, 0.1) is 4.47 Å². The fourth-order valence-corrected chi connectivity index (χ4v) is 1.25. The molecule has 1 aromatic carbocycles. The van der Waals surface area contributed by atoms with Crippen molar-refractivity contribution in [1.82, 2.24) is 0 Å². The summed E-state index contributed by atoms with van der Waals surface area (Å²) in [6.45, 7) is 0.150. The molecule has 1 nitrogen and oxygen atoms in total. The third-order valence-corrected chi connectivity index (χ3v) is 2.32. The zero-order chi connectivity index (χ0) is 10.0. The van der Waals surface area contributed by atoms with Crippen molar-refractivity contribution < 1.29 is 13.2 Å². The molecule has 0 saturated heterocycles. The van der Waals surface area contributed by atoms with Gasteiger partial charge in [-0.15, -0.1) is 0 Å². The van der Waals surface area contributed by atoms with Crippen molar-refractivity contribution in [2.45, 2.75) is 6.42 Å². The van der Waals surface area contributed by atoms with Crippen LogP contribution < -0.4 is 5.73 Å². The molecule has 0 bridgehead atoms. The molecule has 0 aliphatic carbocycles. The van der Waals surface area contributed by atoms with E-state index in [4.69, 9.17) is 5.73 Å². The van der Waals surface area contributed by atoms with Crippen molar-refractivity contribution >= 4 is 15.9 Å². The van der Waals surface area contributed by atoms with E-state index >= 15 is 0 Å². The van der Waals surface area contributed by atoms with Gasteiger partial charge in [-0.1, -0.05) is 0 Å². The Hall–Kier alpha value is -0.550. The second kappa shape index (κ2) is 4.11. The predicted octanol–water partition coefficient (Wildman–Crippen LogP) is 2.37. The highest BCUT2D eigenvalue weighted by Crippen LogP contribution is 2.24. The summed E-state index contributed by atoms with van der Waals surface area (Å²) in [5.74, 6) is -3.07. The highest BCUT2D eigenvalue weighted by Gasteiger charge is 2.15. The molecule has 1 aromatic rings. The Morgan fingerprint density at radius 2 is 1.85 bits per heavy atom. The molecule has 1 rings (SSSR count). The number of rotatable bonds is 2. The number of hydrogen-bond donors (Lipinski definition) is 1. The summed E-state index contributed by atoms with van der Waals surface area (Å²) in [6, 6.07) is 0.940. The van der Waals surface area contributed by atoms with Gasteiger partial charge in [0.2, 0.25) is 0 Å². The van der Waals surface area contributed by atoms with Crippen molar-refractivity contribution in [1.29, 1.82) is 0 Å². The van der Waals surface area contributed by atoms with Gasteiger partial charge in [-0.3, -0.25) is 0 Å². The molecule has 0 heterocycles. The molecular weight excluding hydrogens is 247 g/mol. The first-order chi connectivity index (χ1) is 6.07. The predicted molar refractivity (Wildman–Crippen MR) is 46.8 cm³/mol. The second-order valence-corrected chi connectivity index (χ2v) is 3.29. The molecule has 13 heavy (non-hydrogen) atoms. The summed E-state index contributed by atoms with van der Waals surface area (Å²) in [5.41, 5.74) is 5.10. The van der Waals surface area contributed by atoms with Gasteiger partial charge < -0.3 is 5.73 Å². The molecular formula is C8H7BrF3N. The van der Waals surface area contributed by atoms with Crippen LogP contribution in [0.1, 0.15) is 5.56 Å². The standard InChI is InChI=1S/C8H7BrF3N/c9-6-5(10)3-4(1-2-13)7(11)8(6)12/h3H,1-2,13H2. The summed E-state index contributed by atoms with van der Waals surface area (Å²) in [6.07, 6.45) is 0.118. The van der Waals surface area contributed by atoms with Crippen LogP contribution in [0.4, 0.5) is 13.2 Å². The zero-order valence-electron chi connectivity index (χ0n) is 6.58. The molecule has 0 aliphatic heterocycles. The maximum absolute atomic E-state index is 13.0. The number of nitrogens with two attached hydrogens (primary N) is 1. The molecule has 0 fully saturated rings. The first-order valence-corrected chi connectivity index (χ1v) is 4.39. The minimum Gasteiger partial charge on any atom is -0.330 e. The molecule has 5 heteroatoms. The SMILES string of the molecule is NCCc1cc(F)c(Br)c(F)c1F. The second-order valence-electron chi connectivity index (χ2n) is 2.50. The number of benzene rings is 1. The van der Waals surface area contributed by atoms with Crippen LogP contribution in [0.3, 0.4) is 0 Å². The van der Waals surface area contributed by atoms with Crippen LogP contribution in [0.2, 0.25) is 0 Å². The molecule has 0 unspecified atom stereocenters. The number of halogens is 4. The molecule has 72 valence electrons. The fraction of sp³-hybridized carbons (Fsp3) is 0.250. The van der Waals surface area contributed by atoms with Gasteiger partial charge in [0.15, 0.2) is 11.6 Å². The summed E-state index contributed by atoms with van der Waals surface area (Å²) in [7, 11) is 0. The Labute approximate surface area is 81.9 Å². The van der Waals surface area contributed by atoms with Crippen molar-refractivity contribution in [2.24, 2.45) is 5.73 Å². The fourth-order valence-electron chi connectivity index (χ4n) is 0.959. The van der Waals surface area contributed by atoms with E-state index in [-0.39, 0.29) is 18.5 Å². The van der Waals surface area contributed by atoms with Crippen LogP contribution in [-0.4, -0.2) is 6.54 Å². The average molecular weight is 254 g/mol. The van der Waals surface area contributed by atoms with Crippen molar-refractivity contribution in [3.8, 4) is 0 Å². The lowest BCUT2D eigenvalue weighted by atomic mass is 10.1. The highest BCUT2D eigenvalue weighted by atomic mass is 79.9. The molecule has 2 N–H and O–H groups in total. The van der Waals surface area contributed by atoms with Crippen LogP contribution >= 0.6 is 15.9 Å². The van der Waals surface area contributed by atoms with Gasteiger partial charge >= 0.3 is 0 Å². The Balaban J connectivity index is 3.24. The normalized spacial score (nSPS) is 10.5. The molecule has 0 radical (unpaired) electrons. The quantitative estimate of drug-likeness (QED) is 0.636. The van der Waals surface area contributed by atoms with Crippen molar-refractivity contribution in [2.75, 3.05) is 6.54 Å². The monoisotopic (exact) mass is 253 g/mol. The summed E-state index contributed by atoms with van der Waals surface area (Å²) in [5, 5.41) is 0. The lowest BCUT2D eigenvalue weighted by Gasteiger charge is -2.04. The first-order valence-electron chi connectivity index (χ1n) is 3.60. The lowest BCUT2D eigenvalue weighted by molar-refractivity contribution is 0.478. The Kier molecular flexibility index (Phi) is 3.33. The van der Waals surface area contributed by atoms with Gasteiger partial charge in [0.1, 0.15) is 5.82 Å². The van der Waals surface area contributed by atoms with E-state index in [0.717, 1.165) is 6.07 Å². The van der Waals surface area contributed by atoms with Crippen molar-refractivity contribution in [3.05, 3.63) is 33.6 Å². The maximum Gasteiger partial charge on any atom is 0.176 e. The van der Waals surface area contributed by atoms with E-state index in [9.17, 15) is 13.2 Å². The summed E-state index contributed by atoms with van der Waals surface area (Å²) >= 11 is 2.59. The summed E-state index contributed by atoms with van der Waals surface area (Å²) in [4.78, 5) is 0. The van der Waals surface area contributed by atoms with E-state index in [1.807, 2.05) is 0 Å². The van der Waals surface area contributed by atoms with E-state index in [2.05, 4.69) is 15.9 Å². The van der Waals surface area contributed by atoms with E-state index in [0.29, 0.717) is 0 Å². The van der Waals surface area contributed by atoms with Gasteiger partial charge in [0.25, 0.3) is 0 Å². The maximum atomic E-state index is 13.0. The lowest BCUT2D eigenvalue weighted by Crippen LogP contribution is -2.06. The Morgan fingerprint density at radius 1 is 1.23 bits per heavy atom.